The second-order valence-corrected chi connectivity index (χ2v) is 37.3. The monoisotopic (exact) mass is 1900 g/mol. The highest BCUT2D eigenvalue weighted by Gasteiger charge is 2.53. The molecule has 50 nitrogen and oxygen atoms in total. The highest BCUT2D eigenvalue weighted by atomic mass is 16.4. The van der Waals surface area contributed by atoms with Gasteiger partial charge in [-0.2, -0.15) is 0 Å². The lowest BCUT2D eigenvalue weighted by molar-refractivity contribution is -0.148. The maximum atomic E-state index is 14.5. The van der Waals surface area contributed by atoms with Crippen molar-refractivity contribution >= 4 is 124 Å². The number of carboxylic acid groups (broad SMARTS) is 1. The molecule has 50 heteroatoms. The van der Waals surface area contributed by atoms with Gasteiger partial charge in [0.15, 0.2) is 0 Å². The van der Waals surface area contributed by atoms with Gasteiger partial charge in [-0.15, -0.1) is 0 Å². The fraction of sp³-hybridized carbons (Fsp3) is 0.753. The lowest BCUT2D eigenvalue weighted by Crippen LogP contribution is -2.57. The van der Waals surface area contributed by atoms with E-state index in [1.165, 1.54) is 34.3 Å². The van der Waals surface area contributed by atoms with Crippen molar-refractivity contribution in [3.63, 3.8) is 0 Å². The Balaban J connectivity index is 0.538. The largest absolute Gasteiger partial charge is 0.480 e. The van der Waals surface area contributed by atoms with Crippen LogP contribution in [-0.4, -0.2) is 477 Å². The number of aliphatic hydroxyl groups is 6. The number of rotatable bonds is 33. The first kappa shape index (κ1) is 101. The predicted octanol–water partition coefficient (Wildman–Crippen LogP) is -13.0. The van der Waals surface area contributed by atoms with Gasteiger partial charge in [0.05, 0.1) is 81.9 Å². The van der Waals surface area contributed by atoms with Crippen molar-refractivity contribution in [3.8, 4) is 0 Å². The molecule has 0 aliphatic carbocycles. The summed E-state index contributed by atoms with van der Waals surface area (Å²) in [4.78, 5) is 304. The molecule has 13 fully saturated rings. The van der Waals surface area contributed by atoms with Crippen LogP contribution in [0.25, 0.3) is 0 Å². The number of amides is 20. The molecule has 13 heterocycles. The number of nitrogens with two attached hydrogens (primary N) is 1. The summed E-state index contributed by atoms with van der Waals surface area (Å²) >= 11 is 0. The SMILES string of the molecule is NCCCC[C@H](NC(=O)CNC(=O)[C@@H]1CCCN1C(=O)[C@@H]1C[C@@H](O)CN1C(=O)CNC(=O)[C@@H]1CCCN1C(=O)[C@@H]1C[C@@H](O)CN1C(=O)CNC(=O)[C@@H]1CCCN1C(=O)[C@@H]1C[C@@H](O)CN1)C(=O)N1CCC[C@H]1C(=O)NCC(=O)N1C[C@H](O)C[C@H]1C(=O)N1CCC[C@H]1C(=O)NCC(=O)N1C[C@H](O)C[C@H]1C(=O)N1CCC[C@H]1C(=O)NCC(=O)N1C[C@H](O)C[C@H]1C(=O)N1CCC[C@H]1C(=O)NCC(=O)O. The van der Waals surface area contributed by atoms with Crippen molar-refractivity contribution in [2.45, 2.75) is 269 Å². The molecule has 18 N–H and O–H groups in total. The van der Waals surface area contributed by atoms with Crippen LogP contribution < -0.4 is 53.6 Å². The molecule has 0 unspecified atom stereocenters. The van der Waals surface area contributed by atoms with E-state index in [0.29, 0.717) is 70.8 Å². The predicted molar refractivity (Wildman–Crippen MR) is 460 cm³/mol. The third kappa shape index (κ3) is 23.5. The number of unbranched alkanes of at least 4 members (excludes halogenated alkanes) is 1. The van der Waals surface area contributed by atoms with E-state index >= 15 is 0 Å². The summed E-state index contributed by atoms with van der Waals surface area (Å²) in [7, 11) is 0. The minimum absolute atomic E-state index is 0.0311. The number of nitrogens with zero attached hydrogens (tertiary/aromatic N) is 12. The average Bonchev–Trinajstić information content (AvgIpc) is 1.66. The molecule has 13 aliphatic rings. The number of aliphatic hydroxyl groups excluding tert-OH is 6. The Kier molecular flexibility index (Phi) is 33.7. The normalized spacial score (nSPS) is 29.6. The smallest absolute Gasteiger partial charge is 0.322 e. The van der Waals surface area contributed by atoms with E-state index in [0.717, 1.165) is 24.5 Å². The van der Waals surface area contributed by atoms with Crippen molar-refractivity contribution in [3.05, 3.63) is 0 Å². The van der Waals surface area contributed by atoms with Crippen LogP contribution in [0, 0.1) is 0 Å². The zero-order valence-electron chi connectivity index (χ0n) is 75.3. The van der Waals surface area contributed by atoms with Gasteiger partial charge in [-0.05, 0) is 122 Å². The van der Waals surface area contributed by atoms with E-state index in [9.17, 15) is 131 Å². The number of likely N-dealkylation sites (tertiary alicyclic amines) is 12. The van der Waals surface area contributed by atoms with Gasteiger partial charge in [-0.25, -0.2) is 0 Å². The molecule has 0 spiro atoms. The summed E-state index contributed by atoms with van der Waals surface area (Å²) in [5, 5.41) is 96.2. The third-order valence-electron chi connectivity index (χ3n) is 28.2. The maximum Gasteiger partial charge on any atom is 0.322 e. The number of hydrogen-bond donors (Lipinski definition) is 17. The van der Waals surface area contributed by atoms with Gasteiger partial charge in [-0.3, -0.25) is 101 Å². The van der Waals surface area contributed by atoms with E-state index in [2.05, 4.69) is 47.9 Å². The molecular formula is C85H126N22O28. The van der Waals surface area contributed by atoms with Crippen LogP contribution >= 0.6 is 0 Å². The molecule has 20 atom stereocenters. The number of carboxylic acids is 1. The Morgan fingerprint density at radius 1 is 0.289 bits per heavy atom. The first-order valence-electron chi connectivity index (χ1n) is 47.1. The van der Waals surface area contributed by atoms with Gasteiger partial charge >= 0.3 is 5.97 Å². The van der Waals surface area contributed by atoms with E-state index in [4.69, 9.17) is 10.8 Å². The quantitative estimate of drug-likeness (QED) is 0.0271. The summed E-state index contributed by atoms with van der Waals surface area (Å²) in [6, 6.07) is -15.8. The third-order valence-corrected chi connectivity index (χ3v) is 28.2. The summed E-state index contributed by atoms with van der Waals surface area (Å²) in [5.41, 5.74) is 5.81. The Morgan fingerprint density at radius 2 is 0.533 bits per heavy atom. The van der Waals surface area contributed by atoms with Crippen molar-refractivity contribution in [1.29, 1.82) is 0 Å². The topological polar surface area (TPSA) is 673 Å². The molecule has 13 saturated heterocycles. The van der Waals surface area contributed by atoms with Crippen molar-refractivity contribution < 1.29 is 136 Å². The van der Waals surface area contributed by atoms with Crippen LogP contribution in [0.1, 0.15) is 148 Å². The molecule has 20 amide bonds. The van der Waals surface area contributed by atoms with Crippen LogP contribution in [0.5, 0.6) is 0 Å². The first-order chi connectivity index (χ1) is 64.5. The zero-order valence-corrected chi connectivity index (χ0v) is 75.3. The standard InChI is InChI=1S/C85H126N22O28/c86-18-2-1-10-51(95-65(114)33-88-72(122)55-13-5-21-98(55)81(131)60-27-46(109)40-103(60)68(117)36-91-75(125)56-14-7-23-100(56)83(133)62-29-48(111)42-105(62)67(116)35-90-74(124)54-12-4-20-97(54)80(130)52-26-45(108)32-87-52)79(129)96-19-3-11-53(96)73(123)89-34-66(115)104-41-47(110)28-61(104)82(132)99-22-6-15-57(99)76(126)92-37-69(118)106-43-49(112)30-63(106)84(134)101-24-8-16-58(101)77(127)93-38-70(119)107-44-50(113)31-64(107)85(135)102-25-9-17-59(102)78(128)94-39-71(120)121/h45-64,87,108-113H,1-44,86H2,(H,88,122)(H,89,123)(H,90,124)(H,91,125)(H,92,126)(H,93,127)(H,94,128)(H,95,114)(H,120,121)/t45-,46-,47-,48-,49-,50-,51+,52+,53+,54+,55+,56+,57+,58+,59+,60+,61+,62+,63+,64+/m1/s1. The van der Waals surface area contributed by atoms with Crippen LogP contribution in [-0.2, 0) is 101 Å². The molecular weight excluding hydrogens is 1780 g/mol. The minimum Gasteiger partial charge on any atom is -0.480 e. The molecule has 13 rings (SSSR count). The Labute approximate surface area is 776 Å². The van der Waals surface area contributed by atoms with E-state index in [1.807, 2.05) is 0 Å². The maximum absolute atomic E-state index is 14.5. The number of nitrogens with one attached hydrogen (secondary N) is 9. The fourth-order valence-electron chi connectivity index (χ4n) is 21.5. The van der Waals surface area contributed by atoms with Crippen molar-refractivity contribution in [2.24, 2.45) is 5.73 Å². The second-order valence-electron chi connectivity index (χ2n) is 37.3. The van der Waals surface area contributed by atoms with E-state index in [-0.39, 0.29) is 174 Å². The van der Waals surface area contributed by atoms with Crippen LogP contribution in [0.4, 0.5) is 0 Å². The molecule has 0 saturated carbocycles. The van der Waals surface area contributed by atoms with Crippen molar-refractivity contribution in [2.75, 3.05) is 137 Å². The summed E-state index contributed by atoms with van der Waals surface area (Å²) < 4.78 is 0. The molecule has 0 aromatic heterocycles. The number of carbonyl (C=O) groups is 21. The molecule has 135 heavy (non-hydrogen) atoms. The number of aliphatic carboxylic acids is 1. The number of β-amino-alcohol motifs (C(OH)–C–C–N with tert-alkyl or cyclic N) is 6. The van der Waals surface area contributed by atoms with Crippen LogP contribution in [0.3, 0.4) is 0 Å². The van der Waals surface area contributed by atoms with Crippen LogP contribution in [0.2, 0.25) is 0 Å². The number of hydrogen-bond acceptors (Lipinski definition) is 29. The lowest BCUT2D eigenvalue weighted by atomic mass is 10.1. The Morgan fingerprint density at radius 3 is 0.785 bits per heavy atom. The number of carbonyl (C=O) groups excluding carboxylic acids is 20. The molecule has 0 radical (unpaired) electrons. The fourth-order valence-corrected chi connectivity index (χ4v) is 21.5. The zero-order chi connectivity index (χ0) is 97.1. The van der Waals surface area contributed by atoms with Gasteiger partial charge in [0.25, 0.3) is 0 Å². The van der Waals surface area contributed by atoms with Gasteiger partial charge < -0.3 is 148 Å². The Bertz CT molecular complexity index is 4550. The first-order valence-corrected chi connectivity index (χ1v) is 47.1. The van der Waals surface area contributed by atoms with E-state index < -0.39 is 285 Å². The van der Waals surface area contributed by atoms with Gasteiger partial charge in [-0.1, -0.05) is 0 Å². The van der Waals surface area contributed by atoms with Gasteiger partial charge in [0.1, 0.15) is 85.1 Å². The van der Waals surface area contributed by atoms with Gasteiger partial charge in [0, 0.05) is 117 Å². The van der Waals surface area contributed by atoms with E-state index in [1.54, 1.807) is 0 Å². The highest BCUT2D eigenvalue weighted by Crippen LogP contribution is 2.34. The van der Waals surface area contributed by atoms with Gasteiger partial charge in [0.2, 0.25) is 118 Å². The Hall–Kier alpha value is -11.4. The lowest BCUT2D eigenvalue weighted by Gasteiger charge is -2.32. The molecule has 13 aliphatic heterocycles. The average molecular weight is 1900 g/mol. The summed E-state index contributed by atoms with van der Waals surface area (Å²) in [6.07, 6.45) is -2.67. The summed E-state index contributed by atoms with van der Waals surface area (Å²) in [5.74, 6) is -15.3. The van der Waals surface area contributed by atoms with Crippen LogP contribution in [0.15, 0.2) is 0 Å². The molecule has 0 bridgehead atoms. The highest BCUT2D eigenvalue weighted by molar-refractivity contribution is 6.02. The molecule has 744 valence electrons. The molecule has 0 aromatic rings. The minimum atomic E-state index is -1.32. The van der Waals surface area contributed by atoms with Crippen molar-refractivity contribution in [1.82, 2.24) is 107 Å². The second kappa shape index (κ2) is 45.0. The molecule has 0 aromatic carbocycles. The summed E-state index contributed by atoms with van der Waals surface area (Å²) in [6.45, 7) is -4.95.